The van der Waals surface area contributed by atoms with Crippen molar-refractivity contribution in [1.29, 1.82) is 0 Å². The number of amides is 2. The van der Waals surface area contributed by atoms with E-state index in [9.17, 15) is 9.59 Å². The SMILES string of the molecule is CC(C)(C)C(N)CN1C(=O)CCCCC1=O. The molecule has 0 aromatic heterocycles. The fourth-order valence-corrected chi connectivity index (χ4v) is 1.64. The van der Waals surface area contributed by atoms with E-state index in [1.807, 2.05) is 20.8 Å². The maximum atomic E-state index is 11.7. The van der Waals surface area contributed by atoms with Gasteiger partial charge in [-0.15, -0.1) is 0 Å². The summed E-state index contributed by atoms with van der Waals surface area (Å²) in [5.74, 6) is -0.135. The Balaban J connectivity index is 2.69. The lowest BCUT2D eigenvalue weighted by molar-refractivity contribution is -0.144. The van der Waals surface area contributed by atoms with Gasteiger partial charge in [0.15, 0.2) is 0 Å². The predicted octanol–water partition coefficient (Wildman–Crippen LogP) is 1.29. The molecule has 0 saturated carbocycles. The van der Waals surface area contributed by atoms with Crippen LogP contribution in [0, 0.1) is 5.41 Å². The molecule has 0 aliphatic carbocycles. The van der Waals surface area contributed by atoms with Gasteiger partial charge in [-0.1, -0.05) is 20.8 Å². The summed E-state index contributed by atoms with van der Waals surface area (Å²) in [7, 11) is 0. The Hall–Kier alpha value is -0.900. The van der Waals surface area contributed by atoms with Crippen LogP contribution in [0.3, 0.4) is 0 Å². The molecule has 1 unspecified atom stereocenters. The molecule has 1 aliphatic heterocycles. The van der Waals surface area contributed by atoms with E-state index in [1.165, 1.54) is 4.90 Å². The number of imide groups is 1. The average molecular weight is 226 g/mol. The van der Waals surface area contributed by atoms with E-state index < -0.39 is 0 Å². The molecule has 1 fully saturated rings. The second-order valence-corrected chi connectivity index (χ2v) is 5.58. The molecule has 2 N–H and O–H groups in total. The van der Waals surface area contributed by atoms with Crippen molar-refractivity contribution in [2.24, 2.45) is 11.1 Å². The van der Waals surface area contributed by atoms with Crippen LogP contribution in [0.1, 0.15) is 46.5 Å². The number of nitrogens with two attached hydrogens (primary N) is 1. The quantitative estimate of drug-likeness (QED) is 0.722. The van der Waals surface area contributed by atoms with E-state index in [-0.39, 0.29) is 23.3 Å². The van der Waals surface area contributed by atoms with Crippen molar-refractivity contribution >= 4 is 11.8 Å². The first-order valence-corrected chi connectivity index (χ1v) is 5.91. The Morgan fingerprint density at radius 3 is 2.00 bits per heavy atom. The Labute approximate surface area is 97.2 Å². The van der Waals surface area contributed by atoms with Crippen LogP contribution in [0.15, 0.2) is 0 Å². The van der Waals surface area contributed by atoms with E-state index in [0.717, 1.165) is 12.8 Å². The molecule has 0 bridgehead atoms. The molecule has 1 saturated heterocycles. The summed E-state index contributed by atoms with van der Waals surface area (Å²) in [4.78, 5) is 24.8. The van der Waals surface area contributed by atoms with Crippen LogP contribution >= 0.6 is 0 Å². The Bertz CT molecular complexity index is 263. The van der Waals surface area contributed by atoms with Crippen molar-refractivity contribution in [1.82, 2.24) is 4.90 Å². The highest BCUT2D eigenvalue weighted by molar-refractivity contribution is 5.96. The topological polar surface area (TPSA) is 63.4 Å². The maximum Gasteiger partial charge on any atom is 0.229 e. The lowest BCUT2D eigenvalue weighted by Crippen LogP contribution is -2.49. The van der Waals surface area contributed by atoms with Crippen molar-refractivity contribution in [2.45, 2.75) is 52.5 Å². The zero-order valence-electron chi connectivity index (χ0n) is 10.5. The van der Waals surface area contributed by atoms with Crippen molar-refractivity contribution in [2.75, 3.05) is 6.54 Å². The first-order valence-electron chi connectivity index (χ1n) is 5.91. The number of nitrogens with zero attached hydrogens (tertiary/aromatic N) is 1. The fraction of sp³-hybridized carbons (Fsp3) is 0.833. The number of likely N-dealkylation sites (tertiary alicyclic amines) is 1. The molecule has 0 aromatic carbocycles. The summed E-state index contributed by atoms with van der Waals surface area (Å²) in [5, 5.41) is 0. The zero-order chi connectivity index (χ0) is 12.3. The third kappa shape index (κ3) is 3.30. The summed E-state index contributed by atoms with van der Waals surface area (Å²) < 4.78 is 0. The molecule has 16 heavy (non-hydrogen) atoms. The predicted molar refractivity (Wildman–Crippen MR) is 62.6 cm³/mol. The van der Waals surface area contributed by atoms with Gasteiger partial charge in [0, 0.05) is 25.4 Å². The van der Waals surface area contributed by atoms with E-state index in [1.54, 1.807) is 0 Å². The van der Waals surface area contributed by atoms with Gasteiger partial charge in [-0.25, -0.2) is 0 Å². The third-order valence-electron chi connectivity index (χ3n) is 3.13. The van der Waals surface area contributed by atoms with Crippen LogP contribution in [0.4, 0.5) is 0 Å². The van der Waals surface area contributed by atoms with E-state index >= 15 is 0 Å². The standard InChI is InChI=1S/C12H22N2O2/c1-12(2,3)9(13)8-14-10(15)6-4-5-7-11(14)16/h9H,4-8,13H2,1-3H3. The van der Waals surface area contributed by atoms with Crippen LogP contribution in [0.5, 0.6) is 0 Å². The largest absolute Gasteiger partial charge is 0.326 e. The van der Waals surface area contributed by atoms with Gasteiger partial charge in [-0.05, 0) is 18.3 Å². The summed E-state index contributed by atoms with van der Waals surface area (Å²) in [6, 6.07) is -0.168. The molecule has 1 rings (SSSR count). The Morgan fingerprint density at radius 2 is 1.62 bits per heavy atom. The first kappa shape index (κ1) is 13.2. The van der Waals surface area contributed by atoms with Crippen LogP contribution < -0.4 is 5.73 Å². The van der Waals surface area contributed by atoms with Crippen LogP contribution in [-0.2, 0) is 9.59 Å². The number of hydrogen-bond donors (Lipinski definition) is 1. The summed E-state index contributed by atoms with van der Waals surface area (Å²) in [5.41, 5.74) is 5.92. The van der Waals surface area contributed by atoms with Gasteiger partial charge in [0.05, 0.1) is 0 Å². The van der Waals surface area contributed by atoms with Gasteiger partial charge in [0.2, 0.25) is 11.8 Å². The number of hydrogen-bond acceptors (Lipinski definition) is 3. The highest BCUT2D eigenvalue weighted by Crippen LogP contribution is 2.20. The van der Waals surface area contributed by atoms with Gasteiger partial charge >= 0.3 is 0 Å². The third-order valence-corrected chi connectivity index (χ3v) is 3.13. The van der Waals surface area contributed by atoms with Crippen molar-refractivity contribution in [3.05, 3.63) is 0 Å². The highest BCUT2D eigenvalue weighted by atomic mass is 16.2. The minimum atomic E-state index is -0.168. The van der Waals surface area contributed by atoms with E-state index in [2.05, 4.69) is 0 Å². The minimum Gasteiger partial charge on any atom is -0.326 e. The summed E-state index contributed by atoms with van der Waals surface area (Å²) >= 11 is 0. The maximum absolute atomic E-state index is 11.7. The number of carbonyl (C=O) groups is 2. The zero-order valence-corrected chi connectivity index (χ0v) is 10.5. The average Bonchev–Trinajstić information content (AvgIpc) is 2.31. The van der Waals surface area contributed by atoms with Crippen molar-refractivity contribution < 1.29 is 9.59 Å². The van der Waals surface area contributed by atoms with Crippen molar-refractivity contribution in [3.8, 4) is 0 Å². The van der Waals surface area contributed by atoms with Gasteiger partial charge in [0.1, 0.15) is 0 Å². The van der Waals surface area contributed by atoms with Crippen LogP contribution in [0.2, 0.25) is 0 Å². The molecule has 0 aromatic rings. The monoisotopic (exact) mass is 226 g/mol. The van der Waals surface area contributed by atoms with Gasteiger partial charge in [0.25, 0.3) is 0 Å². The molecule has 1 aliphatic rings. The lowest BCUT2D eigenvalue weighted by Gasteiger charge is -2.31. The molecule has 4 nitrogen and oxygen atoms in total. The Morgan fingerprint density at radius 1 is 1.19 bits per heavy atom. The molecule has 1 heterocycles. The molecule has 1 atom stereocenters. The highest BCUT2D eigenvalue weighted by Gasteiger charge is 2.29. The summed E-state index contributed by atoms with van der Waals surface area (Å²) in [6.45, 7) is 6.40. The number of carbonyl (C=O) groups excluding carboxylic acids is 2. The second kappa shape index (κ2) is 4.95. The van der Waals surface area contributed by atoms with Crippen LogP contribution in [-0.4, -0.2) is 29.3 Å². The molecule has 92 valence electrons. The van der Waals surface area contributed by atoms with E-state index in [0.29, 0.717) is 19.4 Å². The van der Waals surface area contributed by atoms with Gasteiger partial charge in [-0.2, -0.15) is 0 Å². The van der Waals surface area contributed by atoms with E-state index in [4.69, 9.17) is 5.73 Å². The number of rotatable bonds is 2. The molecular formula is C12H22N2O2. The molecule has 4 heteroatoms. The Kier molecular flexibility index (Phi) is 4.08. The van der Waals surface area contributed by atoms with Crippen molar-refractivity contribution in [3.63, 3.8) is 0 Å². The minimum absolute atomic E-state index is 0.0674. The molecule has 0 spiro atoms. The smallest absolute Gasteiger partial charge is 0.229 e. The molecular weight excluding hydrogens is 204 g/mol. The second-order valence-electron chi connectivity index (χ2n) is 5.58. The molecule has 2 amide bonds. The summed E-state index contributed by atoms with van der Waals surface area (Å²) in [6.07, 6.45) is 2.57. The fourth-order valence-electron chi connectivity index (χ4n) is 1.64. The van der Waals surface area contributed by atoms with Gasteiger partial charge < -0.3 is 5.73 Å². The lowest BCUT2D eigenvalue weighted by atomic mass is 9.87. The van der Waals surface area contributed by atoms with Crippen LogP contribution in [0.25, 0.3) is 0 Å². The van der Waals surface area contributed by atoms with Gasteiger partial charge in [-0.3, -0.25) is 14.5 Å². The normalized spacial score (nSPS) is 20.9. The first-order chi connectivity index (χ1) is 7.32. The molecule has 0 radical (unpaired) electrons.